The largest absolute Gasteiger partial charge is 0.497 e. The molecule has 2 rings (SSSR count). The van der Waals surface area contributed by atoms with Gasteiger partial charge in [0.1, 0.15) is 11.6 Å². The summed E-state index contributed by atoms with van der Waals surface area (Å²) in [4.78, 5) is 0. The van der Waals surface area contributed by atoms with Crippen LogP contribution in [0.1, 0.15) is 30.8 Å². The van der Waals surface area contributed by atoms with Crippen molar-refractivity contribution in [2.75, 3.05) is 7.04 Å². The zero-order valence-electron chi connectivity index (χ0n) is 14.3. The van der Waals surface area contributed by atoms with Crippen molar-refractivity contribution >= 4 is 0 Å². The first-order valence-electron chi connectivity index (χ1n) is 7.77. The van der Waals surface area contributed by atoms with E-state index < -0.39 is 12.9 Å². The van der Waals surface area contributed by atoms with Gasteiger partial charge in [-0.25, -0.2) is 4.39 Å². The summed E-state index contributed by atoms with van der Waals surface area (Å²) in [6.45, 7) is 3.67. The summed E-state index contributed by atoms with van der Waals surface area (Å²) in [6.07, 6.45) is 0. The lowest BCUT2D eigenvalue weighted by molar-refractivity contribution is 0.415. The van der Waals surface area contributed by atoms with Crippen molar-refractivity contribution in [2.24, 2.45) is 0 Å². The molecule has 2 aromatic carbocycles. The predicted octanol–water partition coefficient (Wildman–Crippen LogP) is 4.62. The van der Waals surface area contributed by atoms with E-state index in [2.05, 4.69) is 0 Å². The lowest BCUT2D eigenvalue weighted by Gasteiger charge is -2.10. The second kappa shape index (κ2) is 5.21. The van der Waals surface area contributed by atoms with Gasteiger partial charge in [0.15, 0.2) is 0 Å². The molecule has 0 aliphatic heterocycles. The first-order valence-corrected chi connectivity index (χ1v) is 5.77. The molecule has 0 saturated heterocycles. The van der Waals surface area contributed by atoms with Crippen molar-refractivity contribution in [3.8, 4) is 16.9 Å². The Morgan fingerprint density at radius 1 is 1.22 bits per heavy atom. The number of hydrogen-bond donors (Lipinski definition) is 0. The van der Waals surface area contributed by atoms with Crippen LogP contribution in [0.15, 0.2) is 42.4 Å². The Morgan fingerprint density at radius 2 is 2.00 bits per heavy atom. The SMILES string of the molecule is [2H]c1cc(-c2cccc(OC([2H])([2H])[2H])c2)cc(F)c1C(C)C. The molecule has 0 amide bonds. The van der Waals surface area contributed by atoms with Gasteiger partial charge in [-0.15, -0.1) is 0 Å². The van der Waals surface area contributed by atoms with Crippen molar-refractivity contribution in [1.29, 1.82) is 0 Å². The molecule has 0 N–H and O–H groups in total. The smallest absolute Gasteiger partial charge is 0.127 e. The maximum atomic E-state index is 14.2. The van der Waals surface area contributed by atoms with Crippen LogP contribution in [-0.2, 0) is 0 Å². The molecule has 18 heavy (non-hydrogen) atoms. The van der Waals surface area contributed by atoms with Crippen molar-refractivity contribution in [3.05, 3.63) is 53.8 Å². The molecular weight excluding hydrogens is 227 g/mol. The Hall–Kier alpha value is -1.83. The van der Waals surface area contributed by atoms with Gasteiger partial charge in [-0.2, -0.15) is 0 Å². The third-order valence-corrected chi connectivity index (χ3v) is 2.79. The maximum absolute atomic E-state index is 14.2. The molecule has 0 radical (unpaired) electrons. The molecule has 0 atom stereocenters. The van der Waals surface area contributed by atoms with Crippen LogP contribution in [0.4, 0.5) is 4.39 Å². The van der Waals surface area contributed by atoms with E-state index in [1.807, 2.05) is 13.8 Å². The predicted molar refractivity (Wildman–Crippen MR) is 72.5 cm³/mol. The number of rotatable bonds is 3. The summed E-state index contributed by atoms with van der Waals surface area (Å²) in [5.41, 5.74) is 1.49. The highest BCUT2D eigenvalue weighted by molar-refractivity contribution is 5.65. The molecule has 0 aliphatic rings. The fourth-order valence-corrected chi connectivity index (χ4v) is 1.83. The monoisotopic (exact) mass is 248 g/mol. The second-order valence-corrected chi connectivity index (χ2v) is 4.43. The van der Waals surface area contributed by atoms with Gasteiger partial charge in [-0.1, -0.05) is 38.1 Å². The summed E-state index contributed by atoms with van der Waals surface area (Å²) in [7, 11) is -2.54. The zero-order chi connectivity index (χ0) is 16.5. The van der Waals surface area contributed by atoms with E-state index >= 15 is 0 Å². The summed E-state index contributed by atoms with van der Waals surface area (Å²) in [5.74, 6) is -0.330. The molecule has 0 aromatic heterocycles. The van der Waals surface area contributed by atoms with E-state index in [0.717, 1.165) is 0 Å². The van der Waals surface area contributed by atoms with Crippen LogP contribution >= 0.6 is 0 Å². The second-order valence-electron chi connectivity index (χ2n) is 4.43. The average Bonchev–Trinajstić information content (AvgIpc) is 2.35. The van der Waals surface area contributed by atoms with Gasteiger partial charge in [0.25, 0.3) is 0 Å². The van der Waals surface area contributed by atoms with Gasteiger partial charge in [0, 0.05) is 0 Å². The molecular formula is C16H17FO. The number of methoxy groups -OCH3 is 1. The quantitative estimate of drug-likeness (QED) is 0.769. The normalized spacial score (nSPS) is 14.7. The number of hydrogen-bond acceptors (Lipinski definition) is 1. The van der Waals surface area contributed by atoms with Crippen molar-refractivity contribution < 1.29 is 14.6 Å². The highest BCUT2D eigenvalue weighted by atomic mass is 19.1. The van der Waals surface area contributed by atoms with Gasteiger partial charge < -0.3 is 4.74 Å². The van der Waals surface area contributed by atoms with E-state index in [1.165, 1.54) is 18.2 Å². The van der Waals surface area contributed by atoms with Crippen LogP contribution in [0.25, 0.3) is 11.1 Å². The fraction of sp³-hybridized carbons (Fsp3) is 0.250. The first-order chi connectivity index (χ1) is 10.2. The molecule has 0 spiro atoms. The van der Waals surface area contributed by atoms with E-state index in [9.17, 15) is 4.39 Å². The van der Waals surface area contributed by atoms with Crippen LogP contribution in [0, 0.1) is 5.82 Å². The van der Waals surface area contributed by atoms with Crippen molar-refractivity contribution in [2.45, 2.75) is 19.8 Å². The molecule has 0 saturated carbocycles. The standard InChI is InChI=1S/C16H17FO/c1-11(2)15-8-7-13(10-16(15)17)12-5-4-6-14(9-12)18-3/h4-11H,1-3H3/i3D3,8D. The van der Waals surface area contributed by atoms with E-state index in [-0.39, 0.29) is 17.7 Å². The topological polar surface area (TPSA) is 9.23 Å². The minimum absolute atomic E-state index is 0.0771. The highest BCUT2D eigenvalue weighted by Gasteiger charge is 2.08. The summed E-state index contributed by atoms with van der Waals surface area (Å²) >= 11 is 0. The Bertz CT molecular complexity index is 657. The van der Waals surface area contributed by atoms with Crippen LogP contribution in [-0.4, -0.2) is 7.04 Å². The third kappa shape index (κ3) is 2.53. The van der Waals surface area contributed by atoms with Crippen LogP contribution < -0.4 is 4.74 Å². The van der Waals surface area contributed by atoms with Gasteiger partial charge in [-0.3, -0.25) is 0 Å². The highest BCUT2D eigenvalue weighted by Crippen LogP contribution is 2.27. The summed E-state index contributed by atoms with van der Waals surface area (Å²) in [5, 5.41) is 0. The van der Waals surface area contributed by atoms with E-state index in [1.54, 1.807) is 18.2 Å². The molecule has 2 heteroatoms. The summed E-state index contributed by atoms with van der Waals surface area (Å²) in [6, 6.07) is 9.47. The number of benzene rings is 2. The van der Waals surface area contributed by atoms with Crippen LogP contribution in [0.2, 0.25) is 0 Å². The molecule has 0 fully saturated rings. The van der Waals surface area contributed by atoms with Crippen LogP contribution in [0.3, 0.4) is 0 Å². The van der Waals surface area contributed by atoms with E-state index in [4.69, 9.17) is 10.2 Å². The van der Waals surface area contributed by atoms with Crippen molar-refractivity contribution in [3.63, 3.8) is 0 Å². The van der Waals surface area contributed by atoms with Gasteiger partial charge >= 0.3 is 0 Å². The Kier molecular flexibility index (Phi) is 2.41. The Balaban J connectivity index is 2.43. The van der Waals surface area contributed by atoms with Crippen LogP contribution in [0.5, 0.6) is 5.75 Å². The molecule has 2 aromatic rings. The minimum Gasteiger partial charge on any atom is -0.497 e. The van der Waals surface area contributed by atoms with E-state index in [0.29, 0.717) is 16.7 Å². The van der Waals surface area contributed by atoms with Gasteiger partial charge in [0.2, 0.25) is 0 Å². The molecule has 0 heterocycles. The third-order valence-electron chi connectivity index (χ3n) is 2.79. The Morgan fingerprint density at radius 3 is 2.67 bits per heavy atom. The summed E-state index contributed by atoms with van der Waals surface area (Å²) < 4.78 is 48.3. The number of halogens is 1. The first kappa shape index (κ1) is 8.30. The molecule has 0 unspecified atom stereocenters. The van der Waals surface area contributed by atoms with Gasteiger partial charge in [-0.05, 0) is 40.8 Å². The minimum atomic E-state index is -2.54. The maximum Gasteiger partial charge on any atom is 0.127 e. The molecule has 1 nitrogen and oxygen atoms in total. The lowest BCUT2D eigenvalue weighted by atomic mass is 9.98. The average molecular weight is 248 g/mol. The van der Waals surface area contributed by atoms with Crippen molar-refractivity contribution in [1.82, 2.24) is 0 Å². The Labute approximate surface area is 113 Å². The molecule has 0 aliphatic carbocycles. The fourth-order valence-electron chi connectivity index (χ4n) is 1.83. The molecule has 94 valence electrons. The van der Waals surface area contributed by atoms with Gasteiger partial charge in [0.05, 0.1) is 12.5 Å². The number of ether oxygens (including phenoxy) is 1. The molecule has 0 bridgehead atoms. The zero-order valence-corrected chi connectivity index (χ0v) is 10.3. The lowest BCUT2D eigenvalue weighted by Crippen LogP contribution is -1.93.